The molecule has 1 aliphatic rings. The van der Waals surface area contributed by atoms with E-state index in [1.807, 2.05) is 18.2 Å². The second kappa shape index (κ2) is 4.69. The third-order valence-electron chi connectivity index (χ3n) is 3.55. The first kappa shape index (κ1) is 12.4. The van der Waals surface area contributed by atoms with Gasteiger partial charge in [0, 0.05) is 23.1 Å². The SMILES string of the molecule is CC(C1CC1)N(C)c1ccc(C(=N)N)cc1Br. The van der Waals surface area contributed by atoms with Gasteiger partial charge in [0.05, 0.1) is 5.69 Å². The van der Waals surface area contributed by atoms with E-state index in [0.29, 0.717) is 6.04 Å². The minimum atomic E-state index is 0.107. The van der Waals surface area contributed by atoms with E-state index in [-0.39, 0.29) is 5.84 Å². The number of nitrogens with zero attached hydrogens (tertiary/aromatic N) is 1. The molecule has 0 aliphatic heterocycles. The molecule has 1 fully saturated rings. The van der Waals surface area contributed by atoms with Crippen LogP contribution in [0.2, 0.25) is 0 Å². The van der Waals surface area contributed by atoms with E-state index >= 15 is 0 Å². The zero-order valence-electron chi connectivity index (χ0n) is 10.2. The minimum Gasteiger partial charge on any atom is -0.384 e. The van der Waals surface area contributed by atoms with E-state index in [1.165, 1.54) is 12.8 Å². The Labute approximate surface area is 111 Å². The Morgan fingerprint density at radius 3 is 2.65 bits per heavy atom. The highest BCUT2D eigenvalue weighted by atomic mass is 79.9. The summed E-state index contributed by atoms with van der Waals surface area (Å²) in [7, 11) is 2.12. The molecule has 0 bridgehead atoms. The molecular weight excluding hydrogens is 278 g/mol. The van der Waals surface area contributed by atoms with Gasteiger partial charge in [-0.15, -0.1) is 0 Å². The fraction of sp³-hybridized carbons (Fsp3) is 0.462. The van der Waals surface area contributed by atoms with Gasteiger partial charge in [-0.1, -0.05) is 0 Å². The van der Waals surface area contributed by atoms with Crippen LogP contribution in [-0.4, -0.2) is 18.9 Å². The fourth-order valence-corrected chi connectivity index (χ4v) is 2.73. The largest absolute Gasteiger partial charge is 0.384 e. The molecule has 1 atom stereocenters. The van der Waals surface area contributed by atoms with E-state index < -0.39 is 0 Å². The lowest BCUT2D eigenvalue weighted by Crippen LogP contribution is -2.30. The van der Waals surface area contributed by atoms with Crippen molar-refractivity contribution in [1.29, 1.82) is 5.41 Å². The van der Waals surface area contributed by atoms with Crippen LogP contribution in [0.1, 0.15) is 25.3 Å². The number of benzene rings is 1. The Balaban J connectivity index is 2.23. The maximum Gasteiger partial charge on any atom is 0.122 e. The molecule has 0 amide bonds. The lowest BCUT2D eigenvalue weighted by atomic mass is 10.1. The lowest BCUT2D eigenvalue weighted by molar-refractivity contribution is 0.608. The highest BCUT2D eigenvalue weighted by molar-refractivity contribution is 9.10. The van der Waals surface area contributed by atoms with Crippen molar-refractivity contribution in [3.8, 4) is 0 Å². The molecule has 1 aromatic carbocycles. The van der Waals surface area contributed by atoms with E-state index in [1.54, 1.807) is 0 Å². The highest BCUT2D eigenvalue weighted by Crippen LogP contribution is 2.38. The number of nitrogens with two attached hydrogens (primary N) is 1. The second-order valence-electron chi connectivity index (χ2n) is 4.77. The summed E-state index contributed by atoms with van der Waals surface area (Å²) in [5, 5.41) is 7.42. The number of rotatable bonds is 4. The average molecular weight is 296 g/mol. The van der Waals surface area contributed by atoms with Gasteiger partial charge in [0.1, 0.15) is 5.84 Å². The molecule has 92 valence electrons. The van der Waals surface area contributed by atoms with Gasteiger partial charge in [-0.2, -0.15) is 0 Å². The van der Waals surface area contributed by atoms with Gasteiger partial charge in [0.15, 0.2) is 0 Å². The molecule has 1 saturated carbocycles. The maximum atomic E-state index is 7.42. The first-order valence-corrected chi connectivity index (χ1v) is 6.66. The van der Waals surface area contributed by atoms with Crippen LogP contribution >= 0.6 is 15.9 Å². The number of halogens is 1. The molecule has 3 nitrogen and oxygen atoms in total. The predicted octanol–water partition coefficient (Wildman–Crippen LogP) is 2.97. The van der Waals surface area contributed by atoms with Crippen molar-refractivity contribution in [2.45, 2.75) is 25.8 Å². The molecule has 17 heavy (non-hydrogen) atoms. The van der Waals surface area contributed by atoms with E-state index in [4.69, 9.17) is 11.1 Å². The molecule has 0 spiro atoms. The van der Waals surface area contributed by atoms with Crippen LogP contribution in [0.5, 0.6) is 0 Å². The van der Waals surface area contributed by atoms with Crippen molar-refractivity contribution in [3.05, 3.63) is 28.2 Å². The van der Waals surface area contributed by atoms with Gasteiger partial charge < -0.3 is 10.6 Å². The smallest absolute Gasteiger partial charge is 0.122 e. The topological polar surface area (TPSA) is 53.1 Å². The molecule has 0 aromatic heterocycles. The van der Waals surface area contributed by atoms with Gasteiger partial charge in [0.25, 0.3) is 0 Å². The summed E-state index contributed by atoms with van der Waals surface area (Å²) in [6.07, 6.45) is 2.68. The Hall–Kier alpha value is -1.03. The summed E-state index contributed by atoms with van der Waals surface area (Å²) in [4.78, 5) is 2.30. The predicted molar refractivity (Wildman–Crippen MR) is 75.7 cm³/mol. The van der Waals surface area contributed by atoms with Gasteiger partial charge >= 0.3 is 0 Å². The van der Waals surface area contributed by atoms with E-state index in [9.17, 15) is 0 Å². The van der Waals surface area contributed by atoms with Crippen molar-refractivity contribution < 1.29 is 0 Å². The van der Waals surface area contributed by atoms with E-state index in [2.05, 4.69) is 34.8 Å². The molecule has 0 heterocycles. The Morgan fingerprint density at radius 2 is 2.18 bits per heavy atom. The minimum absolute atomic E-state index is 0.107. The molecular formula is C13H18BrN3. The molecule has 0 saturated heterocycles. The summed E-state index contributed by atoms with van der Waals surface area (Å²) in [6, 6.07) is 6.40. The average Bonchev–Trinajstić information content (AvgIpc) is 3.10. The third-order valence-corrected chi connectivity index (χ3v) is 4.19. The van der Waals surface area contributed by atoms with Gasteiger partial charge in [-0.3, -0.25) is 5.41 Å². The van der Waals surface area contributed by atoms with Crippen molar-refractivity contribution in [2.24, 2.45) is 11.7 Å². The Morgan fingerprint density at radius 1 is 1.53 bits per heavy atom. The molecule has 3 N–H and O–H groups in total. The number of hydrogen-bond acceptors (Lipinski definition) is 2. The van der Waals surface area contributed by atoms with Crippen LogP contribution in [0.4, 0.5) is 5.69 Å². The first-order valence-electron chi connectivity index (χ1n) is 5.87. The van der Waals surface area contributed by atoms with Crippen LogP contribution in [-0.2, 0) is 0 Å². The van der Waals surface area contributed by atoms with Crippen LogP contribution in [0.25, 0.3) is 0 Å². The standard InChI is InChI=1S/C13H18BrN3/c1-8(9-3-4-9)17(2)12-6-5-10(13(15)16)7-11(12)14/h5-9H,3-4H2,1-2H3,(H3,15,16). The molecule has 4 heteroatoms. The van der Waals surface area contributed by atoms with Crippen molar-refractivity contribution in [3.63, 3.8) is 0 Å². The zero-order chi connectivity index (χ0) is 12.6. The van der Waals surface area contributed by atoms with Crippen LogP contribution in [0.3, 0.4) is 0 Å². The summed E-state index contributed by atoms with van der Waals surface area (Å²) in [6.45, 7) is 2.27. The molecule has 2 rings (SSSR count). The summed E-state index contributed by atoms with van der Waals surface area (Å²) in [5.41, 5.74) is 7.39. The number of nitrogens with one attached hydrogen (secondary N) is 1. The molecule has 0 radical (unpaired) electrons. The fourth-order valence-electron chi connectivity index (χ4n) is 2.07. The van der Waals surface area contributed by atoms with Gasteiger partial charge in [0.2, 0.25) is 0 Å². The van der Waals surface area contributed by atoms with Crippen LogP contribution in [0, 0.1) is 11.3 Å². The van der Waals surface area contributed by atoms with Crippen LogP contribution in [0.15, 0.2) is 22.7 Å². The Bertz CT molecular complexity index is 440. The zero-order valence-corrected chi connectivity index (χ0v) is 11.8. The number of hydrogen-bond donors (Lipinski definition) is 2. The normalized spacial score (nSPS) is 16.6. The van der Waals surface area contributed by atoms with E-state index in [0.717, 1.165) is 21.6 Å². The number of nitrogen functional groups attached to an aromatic ring is 1. The number of anilines is 1. The first-order chi connectivity index (χ1) is 8.00. The lowest BCUT2D eigenvalue weighted by Gasteiger charge is -2.28. The molecule has 1 unspecified atom stereocenters. The van der Waals surface area contributed by atoms with Crippen molar-refractivity contribution >= 4 is 27.5 Å². The maximum absolute atomic E-state index is 7.42. The third kappa shape index (κ3) is 2.63. The summed E-state index contributed by atoms with van der Waals surface area (Å²) < 4.78 is 1.00. The van der Waals surface area contributed by atoms with Crippen LogP contribution < -0.4 is 10.6 Å². The molecule has 1 aromatic rings. The van der Waals surface area contributed by atoms with Crippen molar-refractivity contribution in [2.75, 3.05) is 11.9 Å². The summed E-state index contributed by atoms with van der Waals surface area (Å²) >= 11 is 3.56. The van der Waals surface area contributed by atoms with Gasteiger partial charge in [-0.05, 0) is 59.8 Å². The highest BCUT2D eigenvalue weighted by Gasteiger charge is 2.31. The monoisotopic (exact) mass is 295 g/mol. The second-order valence-corrected chi connectivity index (χ2v) is 5.62. The van der Waals surface area contributed by atoms with Gasteiger partial charge in [-0.25, -0.2) is 0 Å². The molecule has 1 aliphatic carbocycles. The number of amidine groups is 1. The Kier molecular flexibility index (Phi) is 3.43. The summed E-state index contributed by atoms with van der Waals surface area (Å²) in [5.74, 6) is 0.939. The quantitative estimate of drug-likeness (QED) is 0.663. The van der Waals surface area contributed by atoms with Crippen molar-refractivity contribution in [1.82, 2.24) is 0 Å².